The van der Waals surface area contributed by atoms with Crippen LogP contribution in [0.1, 0.15) is 31.5 Å². The molecule has 1 saturated heterocycles. The van der Waals surface area contributed by atoms with Crippen LogP contribution in [0.25, 0.3) is 11.4 Å². The largest absolute Gasteiger partial charge is 0.326 e. The number of nitrogens with zero attached hydrogens (tertiary/aromatic N) is 3. The fourth-order valence-electron chi connectivity index (χ4n) is 3.54. The summed E-state index contributed by atoms with van der Waals surface area (Å²) in [5, 5.41) is 15.0. The summed E-state index contributed by atoms with van der Waals surface area (Å²) in [5.74, 6) is 2.19. The fourth-order valence-corrected chi connectivity index (χ4v) is 3.54. The zero-order valence-electron chi connectivity index (χ0n) is 13.8. The van der Waals surface area contributed by atoms with Gasteiger partial charge in [0.05, 0.1) is 5.92 Å². The van der Waals surface area contributed by atoms with E-state index in [4.69, 9.17) is 0 Å². The molecule has 6 heteroatoms. The highest BCUT2D eigenvalue weighted by Crippen LogP contribution is 2.24. The van der Waals surface area contributed by atoms with Crippen LogP contribution in [0.15, 0.2) is 24.3 Å². The first-order valence-electron chi connectivity index (χ1n) is 8.85. The van der Waals surface area contributed by atoms with Crippen LogP contribution in [-0.4, -0.2) is 33.8 Å². The summed E-state index contributed by atoms with van der Waals surface area (Å²) in [6.07, 6.45) is 5.41. The number of anilines is 1. The number of hydrogen-bond donors (Lipinski definition) is 2. The van der Waals surface area contributed by atoms with Gasteiger partial charge in [-0.15, -0.1) is 10.2 Å². The first-order chi connectivity index (χ1) is 11.8. The molecule has 24 heavy (non-hydrogen) atoms. The Morgan fingerprint density at radius 1 is 1.17 bits per heavy atom. The van der Waals surface area contributed by atoms with Gasteiger partial charge in [0.2, 0.25) is 5.91 Å². The standard InChI is InChI=1S/C18H23N5O/c24-18(14-4-3-10-19-12-14)20-15-8-6-13(7-9-15)17-22-21-16-5-1-2-11-23(16)17/h6-9,14,19H,1-5,10-12H2,(H,20,24). The molecule has 6 nitrogen and oxygen atoms in total. The van der Waals surface area contributed by atoms with Crippen LogP contribution in [0, 0.1) is 5.92 Å². The smallest absolute Gasteiger partial charge is 0.228 e. The third-order valence-corrected chi connectivity index (χ3v) is 4.94. The number of carbonyl (C=O) groups excluding carboxylic acids is 1. The second-order valence-corrected chi connectivity index (χ2v) is 6.66. The average molecular weight is 325 g/mol. The Kier molecular flexibility index (Phi) is 4.30. The molecular weight excluding hydrogens is 302 g/mol. The maximum absolute atomic E-state index is 12.3. The van der Waals surface area contributed by atoms with E-state index >= 15 is 0 Å². The lowest BCUT2D eigenvalue weighted by molar-refractivity contribution is -0.120. The highest BCUT2D eigenvalue weighted by Gasteiger charge is 2.21. The van der Waals surface area contributed by atoms with Gasteiger partial charge in [0.25, 0.3) is 0 Å². The van der Waals surface area contributed by atoms with Crippen LogP contribution in [0.4, 0.5) is 5.69 Å². The number of benzene rings is 1. The Balaban J connectivity index is 1.46. The predicted octanol–water partition coefficient (Wildman–Crippen LogP) is 2.22. The van der Waals surface area contributed by atoms with Gasteiger partial charge in [0.1, 0.15) is 5.82 Å². The number of piperidine rings is 1. The zero-order valence-corrected chi connectivity index (χ0v) is 13.8. The Bertz CT molecular complexity index is 716. The number of rotatable bonds is 3. The normalized spacial score (nSPS) is 20.4. The fraction of sp³-hybridized carbons (Fsp3) is 0.500. The summed E-state index contributed by atoms with van der Waals surface area (Å²) in [6.45, 7) is 2.78. The minimum absolute atomic E-state index is 0.0712. The van der Waals surface area contributed by atoms with Crippen molar-refractivity contribution >= 4 is 11.6 Å². The van der Waals surface area contributed by atoms with Crippen LogP contribution in [-0.2, 0) is 17.8 Å². The molecule has 1 amide bonds. The number of fused-ring (bicyclic) bond motifs is 1. The predicted molar refractivity (Wildman–Crippen MR) is 92.6 cm³/mol. The lowest BCUT2D eigenvalue weighted by Gasteiger charge is -2.21. The minimum atomic E-state index is 0.0712. The highest BCUT2D eigenvalue weighted by molar-refractivity contribution is 5.93. The molecule has 1 atom stereocenters. The summed E-state index contributed by atoms with van der Waals surface area (Å²) in [7, 11) is 0. The molecule has 0 bridgehead atoms. The van der Waals surface area contributed by atoms with Crippen molar-refractivity contribution in [1.29, 1.82) is 0 Å². The van der Waals surface area contributed by atoms with Gasteiger partial charge in [-0.1, -0.05) is 0 Å². The van der Waals surface area contributed by atoms with Crippen LogP contribution in [0.3, 0.4) is 0 Å². The molecule has 1 aromatic heterocycles. The molecule has 1 unspecified atom stereocenters. The van der Waals surface area contributed by atoms with Crippen molar-refractivity contribution in [3.05, 3.63) is 30.1 Å². The number of hydrogen-bond acceptors (Lipinski definition) is 4. The Morgan fingerprint density at radius 3 is 2.83 bits per heavy atom. The maximum Gasteiger partial charge on any atom is 0.228 e. The van der Waals surface area contributed by atoms with E-state index in [1.165, 1.54) is 12.8 Å². The number of amides is 1. The molecule has 1 fully saturated rings. The quantitative estimate of drug-likeness (QED) is 0.908. The monoisotopic (exact) mass is 325 g/mol. The van der Waals surface area contributed by atoms with Gasteiger partial charge < -0.3 is 15.2 Å². The van der Waals surface area contributed by atoms with Crippen LogP contribution >= 0.6 is 0 Å². The molecule has 0 saturated carbocycles. The van der Waals surface area contributed by atoms with E-state index in [0.717, 1.165) is 61.8 Å². The van der Waals surface area contributed by atoms with Crippen LogP contribution < -0.4 is 10.6 Å². The van der Waals surface area contributed by atoms with E-state index in [1.807, 2.05) is 24.3 Å². The van der Waals surface area contributed by atoms with Gasteiger partial charge in [0.15, 0.2) is 5.82 Å². The van der Waals surface area contributed by atoms with E-state index in [9.17, 15) is 4.79 Å². The topological polar surface area (TPSA) is 71.8 Å². The Labute approximate surface area is 141 Å². The zero-order chi connectivity index (χ0) is 16.4. The molecule has 2 aromatic rings. The van der Waals surface area contributed by atoms with E-state index in [1.54, 1.807) is 0 Å². The van der Waals surface area contributed by atoms with Gasteiger partial charge in [-0.25, -0.2) is 0 Å². The van der Waals surface area contributed by atoms with Crippen molar-refractivity contribution in [1.82, 2.24) is 20.1 Å². The Morgan fingerprint density at radius 2 is 2.04 bits per heavy atom. The molecule has 2 N–H and O–H groups in total. The molecular formula is C18H23N5O. The molecule has 3 heterocycles. The molecule has 0 spiro atoms. The number of nitrogens with one attached hydrogen (secondary N) is 2. The molecule has 0 aliphatic carbocycles. The molecule has 2 aliphatic heterocycles. The van der Waals surface area contributed by atoms with Gasteiger partial charge in [-0.05, 0) is 56.5 Å². The van der Waals surface area contributed by atoms with Crippen LogP contribution in [0.2, 0.25) is 0 Å². The van der Waals surface area contributed by atoms with Crippen LogP contribution in [0.5, 0.6) is 0 Å². The van der Waals surface area contributed by atoms with Crippen molar-refractivity contribution in [2.45, 2.75) is 38.6 Å². The van der Waals surface area contributed by atoms with E-state index < -0.39 is 0 Å². The van der Waals surface area contributed by atoms with Gasteiger partial charge in [0, 0.05) is 30.8 Å². The summed E-state index contributed by atoms with van der Waals surface area (Å²) in [4.78, 5) is 12.3. The molecule has 4 rings (SSSR count). The van der Waals surface area contributed by atoms with E-state index in [0.29, 0.717) is 0 Å². The summed E-state index contributed by atoms with van der Waals surface area (Å²) < 4.78 is 2.21. The van der Waals surface area contributed by atoms with Gasteiger partial charge in [-0.2, -0.15) is 0 Å². The van der Waals surface area contributed by atoms with Gasteiger partial charge >= 0.3 is 0 Å². The van der Waals surface area contributed by atoms with Crippen molar-refractivity contribution in [2.75, 3.05) is 18.4 Å². The molecule has 126 valence electrons. The van der Waals surface area contributed by atoms with Crippen molar-refractivity contribution in [3.63, 3.8) is 0 Å². The van der Waals surface area contributed by atoms with E-state index in [-0.39, 0.29) is 11.8 Å². The maximum atomic E-state index is 12.3. The average Bonchev–Trinajstić information content (AvgIpc) is 3.07. The minimum Gasteiger partial charge on any atom is -0.326 e. The first-order valence-corrected chi connectivity index (χ1v) is 8.85. The van der Waals surface area contributed by atoms with Crippen molar-refractivity contribution in [2.24, 2.45) is 5.92 Å². The van der Waals surface area contributed by atoms with Crippen molar-refractivity contribution < 1.29 is 4.79 Å². The molecule has 2 aliphatic rings. The first kappa shape index (κ1) is 15.3. The Hall–Kier alpha value is -2.21. The van der Waals surface area contributed by atoms with Gasteiger partial charge in [-0.3, -0.25) is 4.79 Å². The SMILES string of the molecule is O=C(Nc1ccc(-c2nnc3n2CCCC3)cc1)C1CCCNC1. The molecule has 1 aromatic carbocycles. The third kappa shape index (κ3) is 3.06. The number of aryl methyl sites for hydroxylation is 1. The van der Waals surface area contributed by atoms with E-state index in [2.05, 4.69) is 25.4 Å². The summed E-state index contributed by atoms with van der Waals surface area (Å²) >= 11 is 0. The lowest BCUT2D eigenvalue weighted by Crippen LogP contribution is -2.37. The lowest BCUT2D eigenvalue weighted by atomic mass is 9.99. The molecule has 0 radical (unpaired) electrons. The third-order valence-electron chi connectivity index (χ3n) is 4.94. The summed E-state index contributed by atoms with van der Waals surface area (Å²) in [5.41, 5.74) is 1.89. The summed E-state index contributed by atoms with van der Waals surface area (Å²) in [6, 6.07) is 7.93. The van der Waals surface area contributed by atoms with Crippen molar-refractivity contribution in [3.8, 4) is 11.4 Å². The highest BCUT2D eigenvalue weighted by atomic mass is 16.1. The second kappa shape index (κ2) is 6.73. The number of aromatic nitrogens is 3. The second-order valence-electron chi connectivity index (χ2n) is 6.66. The number of carbonyl (C=O) groups is 1.